The van der Waals surface area contributed by atoms with Crippen LogP contribution in [0.25, 0.3) is 0 Å². The van der Waals surface area contributed by atoms with E-state index < -0.39 is 18.2 Å². The molecule has 3 aliphatic rings. The van der Waals surface area contributed by atoms with Crippen LogP contribution in [0.5, 0.6) is 0 Å². The SMILES string of the molecule is CCCCC1/C(=C/CCC(=O)O)[C@@H]2CC[C@H](O)[C@@H](C#CC(O)CC3CCCCC3)[C@H]12. The van der Waals surface area contributed by atoms with E-state index in [0.717, 1.165) is 38.5 Å². The first-order chi connectivity index (χ1) is 14.5. The largest absolute Gasteiger partial charge is 0.481 e. The predicted octanol–water partition coefficient (Wildman–Crippen LogP) is 4.94. The number of hydrogen-bond donors (Lipinski definition) is 3. The van der Waals surface area contributed by atoms with Gasteiger partial charge in [-0.1, -0.05) is 75.4 Å². The second-order valence-corrected chi connectivity index (χ2v) is 9.78. The van der Waals surface area contributed by atoms with Crippen LogP contribution < -0.4 is 0 Å². The van der Waals surface area contributed by atoms with E-state index in [1.807, 2.05) is 0 Å². The Morgan fingerprint density at radius 3 is 2.67 bits per heavy atom. The molecule has 3 fully saturated rings. The Morgan fingerprint density at radius 2 is 1.97 bits per heavy atom. The highest BCUT2D eigenvalue weighted by molar-refractivity contribution is 5.66. The van der Waals surface area contributed by atoms with Gasteiger partial charge in [-0.2, -0.15) is 0 Å². The van der Waals surface area contributed by atoms with Crippen molar-refractivity contribution in [3.63, 3.8) is 0 Å². The van der Waals surface area contributed by atoms with Gasteiger partial charge in [0.15, 0.2) is 0 Å². The average Bonchev–Trinajstić information content (AvgIpc) is 2.72. The van der Waals surface area contributed by atoms with E-state index >= 15 is 0 Å². The highest BCUT2D eigenvalue weighted by atomic mass is 16.4. The van der Waals surface area contributed by atoms with Crippen molar-refractivity contribution in [2.24, 2.45) is 29.6 Å². The minimum absolute atomic E-state index is 0.0664. The van der Waals surface area contributed by atoms with E-state index in [9.17, 15) is 15.0 Å². The molecule has 3 saturated carbocycles. The van der Waals surface area contributed by atoms with Gasteiger partial charge in [0.05, 0.1) is 12.0 Å². The van der Waals surface area contributed by atoms with Crippen LogP contribution in [0.4, 0.5) is 0 Å². The summed E-state index contributed by atoms with van der Waals surface area (Å²) in [6.45, 7) is 2.19. The summed E-state index contributed by atoms with van der Waals surface area (Å²) >= 11 is 0. The zero-order valence-corrected chi connectivity index (χ0v) is 18.6. The van der Waals surface area contributed by atoms with Crippen LogP contribution in [0.15, 0.2) is 11.6 Å². The molecule has 0 saturated heterocycles. The number of aliphatic carboxylic acids is 1. The van der Waals surface area contributed by atoms with Crippen LogP contribution in [-0.2, 0) is 4.79 Å². The minimum Gasteiger partial charge on any atom is -0.481 e. The van der Waals surface area contributed by atoms with E-state index in [0.29, 0.717) is 30.1 Å². The number of aliphatic hydroxyl groups excluding tert-OH is 2. The number of carboxylic acid groups (broad SMARTS) is 1. The average molecular weight is 417 g/mol. The van der Waals surface area contributed by atoms with Crippen LogP contribution in [0.1, 0.15) is 90.4 Å². The summed E-state index contributed by atoms with van der Waals surface area (Å²) in [6, 6.07) is 0. The van der Waals surface area contributed by atoms with E-state index in [1.54, 1.807) is 0 Å². The fourth-order valence-electron chi connectivity index (χ4n) is 6.16. The highest BCUT2D eigenvalue weighted by Crippen LogP contribution is 2.57. The van der Waals surface area contributed by atoms with Gasteiger partial charge in [0.1, 0.15) is 6.10 Å². The van der Waals surface area contributed by atoms with Gasteiger partial charge in [0, 0.05) is 6.42 Å². The molecule has 4 nitrogen and oxygen atoms in total. The highest BCUT2D eigenvalue weighted by Gasteiger charge is 2.52. The van der Waals surface area contributed by atoms with Crippen molar-refractivity contribution in [1.29, 1.82) is 0 Å². The van der Waals surface area contributed by atoms with E-state index in [2.05, 4.69) is 24.8 Å². The molecular weight excluding hydrogens is 376 g/mol. The molecule has 3 N–H and O–H groups in total. The molecular formula is C26H40O4. The number of carbonyl (C=O) groups is 1. The lowest BCUT2D eigenvalue weighted by Gasteiger charge is -2.55. The molecule has 0 aromatic carbocycles. The van der Waals surface area contributed by atoms with E-state index in [-0.39, 0.29) is 12.3 Å². The zero-order valence-electron chi connectivity index (χ0n) is 18.6. The maximum atomic E-state index is 10.9. The maximum Gasteiger partial charge on any atom is 0.303 e. The molecule has 0 aliphatic heterocycles. The Hall–Kier alpha value is -1.31. The Labute approximate surface area is 182 Å². The fourth-order valence-corrected chi connectivity index (χ4v) is 6.16. The standard InChI is InChI=1S/C26H40O4/c1-2-3-10-21-20(11-7-12-25(29)30)22-15-16-24(28)23(26(21)22)14-13-19(27)17-18-8-5-4-6-9-18/h11,18-19,21-24,26-28H,2-10,12,15-17H2,1H3,(H,29,30)/b20-11-/t19?,21?,22-,23+,24-,26+/m0/s1. The molecule has 4 heteroatoms. The molecule has 0 amide bonds. The minimum atomic E-state index is -0.748. The number of allylic oxidation sites excluding steroid dienone is 2. The zero-order chi connectivity index (χ0) is 21.5. The lowest BCUT2D eigenvalue weighted by atomic mass is 9.50. The van der Waals surface area contributed by atoms with Crippen LogP contribution >= 0.6 is 0 Å². The third-order valence-corrected chi connectivity index (χ3v) is 7.69. The van der Waals surface area contributed by atoms with Crippen molar-refractivity contribution >= 4 is 5.97 Å². The van der Waals surface area contributed by atoms with Crippen LogP contribution in [-0.4, -0.2) is 33.5 Å². The summed E-state index contributed by atoms with van der Waals surface area (Å²) < 4.78 is 0. The molecule has 6 atom stereocenters. The third-order valence-electron chi connectivity index (χ3n) is 7.69. The summed E-state index contributed by atoms with van der Waals surface area (Å²) in [6.07, 6.45) is 14.1. The molecule has 3 aliphatic carbocycles. The topological polar surface area (TPSA) is 77.8 Å². The van der Waals surface area contributed by atoms with Gasteiger partial charge in [0.25, 0.3) is 0 Å². The molecule has 0 radical (unpaired) electrons. The van der Waals surface area contributed by atoms with Gasteiger partial charge in [-0.05, 0) is 55.8 Å². The first kappa shape index (κ1) is 23.4. The number of unbranched alkanes of at least 4 members (excludes halogenated alkanes) is 1. The lowest BCUT2D eigenvalue weighted by molar-refractivity contribution is -0.136. The summed E-state index contributed by atoms with van der Waals surface area (Å²) in [7, 11) is 0. The molecule has 30 heavy (non-hydrogen) atoms. The van der Waals surface area contributed by atoms with Gasteiger partial charge in [-0.25, -0.2) is 0 Å². The number of carboxylic acids is 1. The van der Waals surface area contributed by atoms with Crippen LogP contribution in [0.2, 0.25) is 0 Å². The summed E-state index contributed by atoms with van der Waals surface area (Å²) in [5.74, 6) is 7.41. The van der Waals surface area contributed by atoms with Gasteiger partial charge in [-0.15, -0.1) is 0 Å². The van der Waals surface area contributed by atoms with Crippen molar-refractivity contribution in [3.05, 3.63) is 11.6 Å². The van der Waals surface area contributed by atoms with Crippen molar-refractivity contribution in [2.75, 3.05) is 0 Å². The Balaban J connectivity index is 1.67. The van der Waals surface area contributed by atoms with Gasteiger partial charge in [0.2, 0.25) is 0 Å². The molecule has 0 bridgehead atoms. The maximum absolute atomic E-state index is 10.9. The fraction of sp³-hybridized carbons (Fsp3) is 0.808. The molecule has 3 rings (SSSR count). The first-order valence-electron chi connectivity index (χ1n) is 12.3. The van der Waals surface area contributed by atoms with E-state index in [4.69, 9.17) is 5.11 Å². The van der Waals surface area contributed by atoms with Crippen molar-refractivity contribution in [2.45, 2.75) is 103 Å². The van der Waals surface area contributed by atoms with Crippen molar-refractivity contribution in [3.8, 4) is 11.8 Å². The number of hydrogen-bond acceptors (Lipinski definition) is 3. The van der Waals surface area contributed by atoms with Crippen LogP contribution in [0.3, 0.4) is 0 Å². The summed E-state index contributed by atoms with van der Waals surface area (Å²) in [5, 5.41) is 30.2. The number of rotatable bonds is 8. The molecule has 0 aromatic rings. The molecule has 168 valence electrons. The van der Waals surface area contributed by atoms with Crippen molar-refractivity contribution in [1.82, 2.24) is 0 Å². The summed E-state index contributed by atoms with van der Waals surface area (Å²) in [5.41, 5.74) is 1.41. The monoisotopic (exact) mass is 416 g/mol. The van der Waals surface area contributed by atoms with E-state index in [1.165, 1.54) is 37.7 Å². The molecule has 0 aromatic heterocycles. The Bertz CT molecular complexity index is 652. The number of fused-ring (bicyclic) bond motifs is 1. The molecule has 0 spiro atoms. The second-order valence-electron chi connectivity index (χ2n) is 9.78. The Kier molecular flexibility index (Phi) is 8.84. The third kappa shape index (κ3) is 5.89. The van der Waals surface area contributed by atoms with Gasteiger partial charge < -0.3 is 15.3 Å². The quantitative estimate of drug-likeness (QED) is 0.387. The molecule has 2 unspecified atom stereocenters. The van der Waals surface area contributed by atoms with Crippen LogP contribution in [0, 0.1) is 41.4 Å². The second kappa shape index (κ2) is 11.3. The van der Waals surface area contributed by atoms with Gasteiger partial charge in [-0.3, -0.25) is 4.79 Å². The van der Waals surface area contributed by atoms with Gasteiger partial charge >= 0.3 is 5.97 Å². The predicted molar refractivity (Wildman–Crippen MR) is 119 cm³/mol. The molecule has 0 heterocycles. The normalized spacial score (nSPS) is 33.8. The Morgan fingerprint density at radius 1 is 1.20 bits per heavy atom. The summed E-state index contributed by atoms with van der Waals surface area (Å²) in [4.78, 5) is 10.9. The van der Waals surface area contributed by atoms with Crippen molar-refractivity contribution < 1.29 is 20.1 Å². The first-order valence-corrected chi connectivity index (χ1v) is 12.3. The smallest absolute Gasteiger partial charge is 0.303 e. The number of aliphatic hydroxyl groups is 2. The lowest BCUT2D eigenvalue weighted by Crippen LogP contribution is -2.51.